The van der Waals surface area contributed by atoms with Crippen LogP contribution >= 0.6 is 0 Å². The molecule has 2 heterocycles. The number of hydrogen-bond donors (Lipinski definition) is 1. The second-order valence-electron chi connectivity index (χ2n) is 3.69. The second-order valence-corrected chi connectivity index (χ2v) is 3.69. The van der Waals surface area contributed by atoms with Gasteiger partial charge in [-0.1, -0.05) is 6.92 Å². The van der Waals surface area contributed by atoms with Gasteiger partial charge in [0.25, 0.3) is 0 Å². The van der Waals surface area contributed by atoms with Crippen LogP contribution < -0.4 is 5.32 Å². The molecule has 5 nitrogen and oxygen atoms in total. The summed E-state index contributed by atoms with van der Waals surface area (Å²) < 4.78 is 7.18. The van der Waals surface area contributed by atoms with E-state index in [1.54, 1.807) is 17.3 Å². The quantitative estimate of drug-likeness (QED) is 0.748. The van der Waals surface area contributed by atoms with Crippen molar-refractivity contribution in [1.29, 1.82) is 0 Å². The fraction of sp³-hybridized carbons (Fsp3) is 0.455. The minimum absolute atomic E-state index is 0.633. The summed E-state index contributed by atoms with van der Waals surface area (Å²) >= 11 is 0. The molecule has 0 bridgehead atoms. The van der Waals surface area contributed by atoms with Crippen LogP contribution in [0.15, 0.2) is 29.4 Å². The van der Waals surface area contributed by atoms with E-state index in [2.05, 4.69) is 22.3 Å². The standard InChI is InChI=1S/C11H16N4O/c1-2-3-12-5-10-4-11(16-7-10)6-15-9-13-8-14-15/h4,7-9,12H,2-3,5-6H2,1H3. The molecule has 2 aromatic heterocycles. The van der Waals surface area contributed by atoms with Crippen molar-refractivity contribution in [2.45, 2.75) is 26.4 Å². The molecule has 0 aromatic carbocycles. The Bertz CT molecular complexity index is 407. The van der Waals surface area contributed by atoms with Crippen molar-refractivity contribution in [2.24, 2.45) is 0 Å². The Kier molecular flexibility index (Phi) is 3.71. The van der Waals surface area contributed by atoms with Gasteiger partial charge in [-0.05, 0) is 19.0 Å². The summed E-state index contributed by atoms with van der Waals surface area (Å²) in [5.41, 5.74) is 1.17. The lowest BCUT2D eigenvalue weighted by atomic mass is 10.3. The molecule has 2 rings (SSSR count). The maximum absolute atomic E-state index is 5.44. The zero-order valence-corrected chi connectivity index (χ0v) is 9.39. The molecule has 0 aliphatic heterocycles. The molecule has 0 aliphatic rings. The lowest BCUT2D eigenvalue weighted by Gasteiger charge is -1.98. The van der Waals surface area contributed by atoms with Gasteiger partial charge in [0.15, 0.2) is 0 Å². The molecule has 16 heavy (non-hydrogen) atoms. The van der Waals surface area contributed by atoms with Gasteiger partial charge in [-0.3, -0.25) is 0 Å². The maximum Gasteiger partial charge on any atom is 0.137 e. The fourth-order valence-corrected chi connectivity index (χ4v) is 1.49. The third-order valence-corrected chi connectivity index (χ3v) is 2.25. The van der Waals surface area contributed by atoms with Gasteiger partial charge in [0.05, 0.1) is 6.26 Å². The highest BCUT2D eigenvalue weighted by Crippen LogP contribution is 2.08. The summed E-state index contributed by atoms with van der Waals surface area (Å²) in [5.74, 6) is 0.902. The van der Waals surface area contributed by atoms with Crippen molar-refractivity contribution in [3.8, 4) is 0 Å². The highest BCUT2D eigenvalue weighted by Gasteiger charge is 2.02. The number of nitrogens with zero attached hydrogens (tertiary/aromatic N) is 3. The minimum Gasteiger partial charge on any atom is -0.467 e. The first-order chi connectivity index (χ1) is 7.88. The SMILES string of the molecule is CCCNCc1coc(Cn2cncn2)c1. The second kappa shape index (κ2) is 5.46. The molecule has 0 spiro atoms. The van der Waals surface area contributed by atoms with Gasteiger partial charge in [-0.2, -0.15) is 5.10 Å². The van der Waals surface area contributed by atoms with Gasteiger partial charge in [-0.15, -0.1) is 0 Å². The number of furan rings is 1. The first kappa shape index (κ1) is 10.9. The first-order valence-electron chi connectivity index (χ1n) is 5.48. The molecule has 0 radical (unpaired) electrons. The van der Waals surface area contributed by atoms with Crippen LogP contribution in [0.3, 0.4) is 0 Å². The van der Waals surface area contributed by atoms with Crippen LogP contribution in [0.1, 0.15) is 24.7 Å². The third-order valence-electron chi connectivity index (χ3n) is 2.25. The molecule has 0 aliphatic carbocycles. The van der Waals surface area contributed by atoms with E-state index in [9.17, 15) is 0 Å². The van der Waals surface area contributed by atoms with Crippen molar-refractivity contribution >= 4 is 0 Å². The summed E-state index contributed by atoms with van der Waals surface area (Å²) in [6.45, 7) is 4.67. The molecule has 0 atom stereocenters. The molecule has 0 saturated carbocycles. The Morgan fingerprint density at radius 2 is 2.44 bits per heavy atom. The summed E-state index contributed by atoms with van der Waals surface area (Å²) in [4.78, 5) is 3.88. The van der Waals surface area contributed by atoms with E-state index in [1.165, 1.54) is 11.9 Å². The maximum atomic E-state index is 5.44. The summed E-state index contributed by atoms with van der Waals surface area (Å²) in [6, 6.07) is 2.05. The Balaban J connectivity index is 1.87. The molecule has 0 saturated heterocycles. The Labute approximate surface area is 94.5 Å². The normalized spacial score (nSPS) is 10.8. The van der Waals surface area contributed by atoms with E-state index >= 15 is 0 Å². The number of aromatic nitrogens is 3. The highest BCUT2D eigenvalue weighted by molar-refractivity contribution is 5.12. The minimum atomic E-state index is 0.633. The van der Waals surface area contributed by atoms with Crippen molar-refractivity contribution in [1.82, 2.24) is 20.1 Å². The Hall–Kier alpha value is -1.62. The average molecular weight is 220 g/mol. The smallest absolute Gasteiger partial charge is 0.137 e. The third kappa shape index (κ3) is 2.93. The topological polar surface area (TPSA) is 55.9 Å². The van der Waals surface area contributed by atoms with Crippen molar-refractivity contribution in [3.05, 3.63) is 36.3 Å². The molecular weight excluding hydrogens is 204 g/mol. The predicted molar refractivity (Wildman–Crippen MR) is 59.8 cm³/mol. The molecule has 5 heteroatoms. The summed E-state index contributed by atoms with van der Waals surface area (Å²) in [7, 11) is 0. The number of hydrogen-bond acceptors (Lipinski definition) is 4. The highest BCUT2D eigenvalue weighted by atomic mass is 16.3. The monoisotopic (exact) mass is 220 g/mol. The first-order valence-corrected chi connectivity index (χ1v) is 5.48. The zero-order valence-electron chi connectivity index (χ0n) is 9.39. The van der Waals surface area contributed by atoms with Crippen LogP contribution in [0.5, 0.6) is 0 Å². The van der Waals surface area contributed by atoms with Crippen LogP contribution in [0.25, 0.3) is 0 Å². The van der Waals surface area contributed by atoms with Crippen LogP contribution in [0.4, 0.5) is 0 Å². The molecule has 1 N–H and O–H groups in total. The van der Waals surface area contributed by atoms with Gasteiger partial charge in [-0.25, -0.2) is 9.67 Å². The van der Waals surface area contributed by atoms with E-state index < -0.39 is 0 Å². The van der Waals surface area contributed by atoms with Crippen LogP contribution in [0.2, 0.25) is 0 Å². The van der Waals surface area contributed by atoms with Gasteiger partial charge in [0.1, 0.15) is 25.0 Å². The van der Waals surface area contributed by atoms with Crippen molar-refractivity contribution < 1.29 is 4.42 Å². The molecule has 0 amide bonds. The lowest BCUT2D eigenvalue weighted by molar-refractivity contribution is 0.477. The van der Waals surface area contributed by atoms with Crippen LogP contribution in [0, 0.1) is 0 Å². The summed E-state index contributed by atoms with van der Waals surface area (Å²) in [5, 5.41) is 7.35. The average Bonchev–Trinajstić information content (AvgIpc) is 2.91. The van der Waals surface area contributed by atoms with E-state index in [-0.39, 0.29) is 0 Å². The molecule has 2 aromatic rings. The van der Waals surface area contributed by atoms with E-state index in [4.69, 9.17) is 4.42 Å². The van der Waals surface area contributed by atoms with Crippen LogP contribution in [-0.2, 0) is 13.1 Å². The molecule has 0 fully saturated rings. The van der Waals surface area contributed by atoms with Gasteiger partial charge >= 0.3 is 0 Å². The van der Waals surface area contributed by atoms with Crippen LogP contribution in [-0.4, -0.2) is 21.3 Å². The number of nitrogens with one attached hydrogen (secondary N) is 1. The predicted octanol–water partition coefficient (Wildman–Crippen LogP) is 1.42. The van der Waals surface area contributed by atoms with Gasteiger partial charge in [0.2, 0.25) is 0 Å². The Morgan fingerprint density at radius 1 is 1.50 bits per heavy atom. The molecule has 86 valence electrons. The number of rotatable bonds is 6. The molecule has 0 unspecified atom stereocenters. The lowest BCUT2D eigenvalue weighted by Crippen LogP contribution is -2.13. The largest absolute Gasteiger partial charge is 0.467 e. The van der Waals surface area contributed by atoms with E-state index in [0.29, 0.717) is 6.54 Å². The zero-order chi connectivity index (χ0) is 11.2. The van der Waals surface area contributed by atoms with Gasteiger partial charge < -0.3 is 9.73 Å². The van der Waals surface area contributed by atoms with E-state index in [1.807, 2.05) is 6.07 Å². The fourth-order valence-electron chi connectivity index (χ4n) is 1.49. The summed E-state index contributed by atoms with van der Waals surface area (Å²) in [6.07, 6.45) is 6.13. The van der Waals surface area contributed by atoms with E-state index in [0.717, 1.165) is 25.3 Å². The van der Waals surface area contributed by atoms with Gasteiger partial charge in [0, 0.05) is 12.1 Å². The Morgan fingerprint density at radius 3 is 3.19 bits per heavy atom. The van der Waals surface area contributed by atoms with Crippen molar-refractivity contribution in [3.63, 3.8) is 0 Å². The molecular formula is C11H16N4O. The van der Waals surface area contributed by atoms with Crippen molar-refractivity contribution in [2.75, 3.05) is 6.54 Å².